The van der Waals surface area contributed by atoms with Crippen LogP contribution in [0.25, 0.3) is 0 Å². The van der Waals surface area contributed by atoms with E-state index in [4.69, 9.17) is 0 Å². The van der Waals surface area contributed by atoms with E-state index in [2.05, 4.69) is 19.2 Å². The van der Waals surface area contributed by atoms with Crippen molar-refractivity contribution in [1.29, 1.82) is 0 Å². The number of rotatable bonds is 4. The maximum absolute atomic E-state index is 12.5. The van der Waals surface area contributed by atoms with Gasteiger partial charge in [-0.3, -0.25) is 9.59 Å². The summed E-state index contributed by atoms with van der Waals surface area (Å²) in [6.07, 6.45) is 1.57. The van der Waals surface area contributed by atoms with E-state index in [1.54, 1.807) is 0 Å². The minimum atomic E-state index is -0.229. The van der Waals surface area contributed by atoms with E-state index in [0.717, 1.165) is 11.4 Å². The van der Waals surface area contributed by atoms with Crippen LogP contribution in [0.5, 0.6) is 0 Å². The van der Waals surface area contributed by atoms with Crippen molar-refractivity contribution in [3.05, 3.63) is 41.6 Å². The zero-order valence-electron chi connectivity index (χ0n) is 13.9. The summed E-state index contributed by atoms with van der Waals surface area (Å²) in [5, 5.41) is 3.31. The van der Waals surface area contributed by atoms with Crippen LogP contribution in [0.3, 0.4) is 0 Å². The number of ketones is 2. The van der Waals surface area contributed by atoms with Gasteiger partial charge < -0.3 is 5.32 Å². The maximum atomic E-state index is 12.5. The lowest BCUT2D eigenvalue weighted by molar-refractivity contribution is -0.127. The largest absolute Gasteiger partial charge is 0.358 e. The Morgan fingerprint density at radius 2 is 1.64 bits per heavy atom. The first-order valence-electron chi connectivity index (χ1n) is 7.90. The number of Topliss-reactive ketones (excluding diaryl/α,β-unsaturated/α-hetero) is 2. The second-order valence-corrected chi connectivity index (χ2v) is 7.31. The molecule has 1 aliphatic rings. The number of carbonyl (C=O) groups is 2. The van der Waals surface area contributed by atoms with Crippen LogP contribution in [0.2, 0.25) is 0 Å². The molecular formula is C19H25NO2. The zero-order valence-corrected chi connectivity index (χ0v) is 13.9. The van der Waals surface area contributed by atoms with Crippen molar-refractivity contribution in [2.75, 3.05) is 5.32 Å². The van der Waals surface area contributed by atoms with E-state index < -0.39 is 0 Å². The number of carbonyl (C=O) groups excluding carboxylic acids is 2. The molecule has 1 saturated carbocycles. The predicted molar refractivity (Wildman–Crippen MR) is 89.6 cm³/mol. The van der Waals surface area contributed by atoms with Crippen LogP contribution in [0.4, 0.5) is 5.69 Å². The summed E-state index contributed by atoms with van der Waals surface area (Å²) < 4.78 is 0. The topological polar surface area (TPSA) is 46.2 Å². The average molecular weight is 299 g/mol. The molecule has 0 aromatic heterocycles. The fourth-order valence-electron chi connectivity index (χ4n) is 2.92. The van der Waals surface area contributed by atoms with Crippen LogP contribution in [0.1, 0.15) is 47.0 Å². The smallest absolute Gasteiger partial charge is 0.168 e. The van der Waals surface area contributed by atoms with Crippen molar-refractivity contribution in [2.24, 2.45) is 11.3 Å². The van der Waals surface area contributed by atoms with Crippen LogP contribution in [0.15, 0.2) is 41.6 Å². The van der Waals surface area contributed by atoms with Gasteiger partial charge in [0, 0.05) is 24.2 Å². The highest BCUT2D eigenvalue weighted by Crippen LogP contribution is 2.35. The second-order valence-electron chi connectivity index (χ2n) is 7.31. The minimum absolute atomic E-state index is 0.0275. The molecule has 2 rings (SSSR count). The van der Waals surface area contributed by atoms with Gasteiger partial charge in [0.15, 0.2) is 11.6 Å². The van der Waals surface area contributed by atoms with Gasteiger partial charge in [-0.2, -0.15) is 0 Å². The van der Waals surface area contributed by atoms with Crippen LogP contribution < -0.4 is 5.32 Å². The SMILES string of the molecule is CC(C)CC(Nc1ccccc1)=C1C(=O)CC(C)(C)CC1=O. The normalized spacial score (nSPS) is 17.8. The Morgan fingerprint density at radius 3 is 2.14 bits per heavy atom. The molecule has 1 aliphatic carbocycles. The summed E-state index contributed by atoms with van der Waals surface area (Å²) in [5.74, 6) is 0.315. The molecule has 118 valence electrons. The predicted octanol–water partition coefficient (Wildman–Crippen LogP) is 4.36. The van der Waals surface area contributed by atoms with Gasteiger partial charge in [-0.15, -0.1) is 0 Å². The Kier molecular flexibility index (Phi) is 4.84. The molecule has 0 atom stereocenters. The van der Waals surface area contributed by atoms with E-state index in [1.165, 1.54) is 0 Å². The molecule has 1 aromatic carbocycles. The molecule has 0 aliphatic heterocycles. The average Bonchev–Trinajstić information content (AvgIpc) is 2.36. The summed E-state index contributed by atoms with van der Waals surface area (Å²) in [7, 11) is 0. The first kappa shape index (κ1) is 16.5. The minimum Gasteiger partial charge on any atom is -0.358 e. The number of hydrogen-bond acceptors (Lipinski definition) is 3. The summed E-state index contributed by atoms with van der Waals surface area (Å²) in [6.45, 7) is 8.14. The van der Waals surface area contributed by atoms with Gasteiger partial charge in [0.1, 0.15) is 0 Å². The third-order valence-corrected chi connectivity index (χ3v) is 3.82. The molecule has 1 fully saturated rings. The third kappa shape index (κ3) is 4.06. The zero-order chi connectivity index (χ0) is 16.3. The van der Waals surface area contributed by atoms with Crippen LogP contribution in [0, 0.1) is 11.3 Å². The Bertz CT molecular complexity index is 575. The highest BCUT2D eigenvalue weighted by molar-refractivity contribution is 6.23. The molecule has 1 N–H and O–H groups in total. The summed E-state index contributed by atoms with van der Waals surface area (Å²) >= 11 is 0. The quantitative estimate of drug-likeness (QED) is 0.664. The van der Waals surface area contributed by atoms with E-state index in [0.29, 0.717) is 30.8 Å². The van der Waals surface area contributed by atoms with Crippen molar-refractivity contribution in [1.82, 2.24) is 0 Å². The number of nitrogens with one attached hydrogen (secondary N) is 1. The van der Waals surface area contributed by atoms with Gasteiger partial charge in [-0.05, 0) is 29.9 Å². The van der Waals surface area contributed by atoms with Gasteiger partial charge in [-0.25, -0.2) is 0 Å². The molecule has 0 heterocycles. The van der Waals surface area contributed by atoms with Crippen LogP contribution >= 0.6 is 0 Å². The third-order valence-electron chi connectivity index (χ3n) is 3.82. The standard InChI is InChI=1S/C19H25NO2/c1-13(2)10-15(20-14-8-6-5-7-9-14)18-16(21)11-19(3,4)12-17(18)22/h5-9,13,20H,10-12H2,1-4H3. The van der Waals surface area contributed by atoms with Crippen molar-refractivity contribution in [3.63, 3.8) is 0 Å². The number of allylic oxidation sites excluding steroid dienone is 2. The van der Waals surface area contributed by atoms with Crippen molar-refractivity contribution in [3.8, 4) is 0 Å². The van der Waals surface area contributed by atoms with Crippen molar-refractivity contribution in [2.45, 2.75) is 47.0 Å². The first-order chi connectivity index (χ1) is 10.3. The molecule has 0 unspecified atom stereocenters. The van der Waals surface area contributed by atoms with Gasteiger partial charge in [-0.1, -0.05) is 45.9 Å². The lowest BCUT2D eigenvalue weighted by Crippen LogP contribution is -2.33. The number of para-hydroxylation sites is 1. The summed E-state index contributed by atoms with van der Waals surface area (Å²) in [4.78, 5) is 25.0. The van der Waals surface area contributed by atoms with Gasteiger partial charge in [0.2, 0.25) is 0 Å². The van der Waals surface area contributed by atoms with Crippen LogP contribution in [-0.2, 0) is 9.59 Å². The Hall–Kier alpha value is -1.90. The van der Waals surface area contributed by atoms with E-state index >= 15 is 0 Å². The van der Waals surface area contributed by atoms with Gasteiger partial charge in [0.25, 0.3) is 0 Å². The Labute approximate surface area is 132 Å². The molecule has 22 heavy (non-hydrogen) atoms. The molecule has 0 bridgehead atoms. The Balaban J connectivity index is 2.38. The molecule has 3 nitrogen and oxygen atoms in total. The van der Waals surface area contributed by atoms with Crippen molar-refractivity contribution >= 4 is 17.3 Å². The monoisotopic (exact) mass is 299 g/mol. The molecule has 0 saturated heterocycles. The first-order valence-corrected chi connectivity index (χ1v) is 7.90. The van der Waals surface area contributed by atoms with Gasteiger partial charge in [0.05, 0.1) is 5.57 Å². The number of benzene rings is 1. The molecule has 0 amide bonds. The Morgan fingerprint density at radius 1 is 1.09 bits per heavy atom. The van der Waals surface area contributed by atoms with Crippen LogP contribution in [-0.4, -0.2) is 11.6 Å². The molecular weight excluding hydrogens is 274 g/mol. The molecule has 1 aromatic rings. The fraction of sp³-hybridized carbons (Fsp3) is 0.474. The molecule has 0 spiro atoms. The lowest BCUT2D eigenvalue weighted by atomic mass is 9.73. The highest BCUT2D eigenvalue weighted by Gasteiger charge is 2.37. The van der Waals surface area contributed by atoms with E-state index in [9.17, 15) is 9.59 Å². The second kappa shape index (κ2) is 6.47. The fourth-order valence-corrected chi connectivity index (χ4v) is 2.92. The molecule has 0 radical (unpaired) electrons. The number of anilines is 1. The van der Waals surface area contributed by atoms with Gasteiger partial charge >= 0.3 is 0 Å². The summed E-state index contributed by atoms with van der Waals surface area (Å²) in [6, 6.07) is 9.71. The lowest BCUT2D eigenvalue weighted by Gasteiger charge is -2.30. The highest BCUT2D eigenvalue weighted by atomic mass is 16.2. The van der Waals surface area contributed by atoms with Crippen molar-refractivity contribution < 1.29 is 9.59 Å². The maximum Gasteiger partial charge on any atom is 0.168 e. The molecule has 3 heteroatoms. The van der Waals surface area contributed by atoms with E-state index in [1.807, 2.05) is 44.2 Å². The van der Waals surface area contributed by atoms with E-state index in [-0.39, 0.29) is 17.0 Å². The summed E-state index contributed by atoms with van der Waals surface area (Å²) in [5.41, 5.74) is 1.84. The number of hydrogen-bond donors (Lipinski definition) is 1.